The normalized spacial score (nSPS) is 10.2. The van der Waals surface area contributed by atoms with Gasteiger partial charge in [0.05, 0.1) is 0 Å². The van der Waals surface area contributed by atoms with Gasteiger partial charge in [0.1, 0.15) is 0 Å². The SMILES string of the molecule is CCN(CC)C(=O)c1ccc(NC(=O)CCNC)cc1. The summed E-state index contributed by atoms with van der Waals surface area (Å²) in [4.78, 5) is 25.4. The molecule has 0 aliphatic rings. The standard InChI is InChI=1S/C15H23N3O2/c1-4-18(5-2)15(20)12-6-8-13(9-7-12)17-14(19)10-11-16-3/h6-9,16H,4-5,10-11H2,1-3H3,(H,17,19). The van der Waals surface area contributed by atoms with E-state index in [9.17, 15) is 9.59 Å². The predicted molar refractivity (Wildman–Crippen MR) is 80.9 cm³/mol. The first kappa shape index (κ1) is 16.2. The number of carbonyl (C=O) groups excluding carboxylic acids is 2. The van der Waals surface area contributed by atoms with Crippen molar-refractivity contribution in [1.82, 2.24) is 10.2 Å². The molecule has 0 atom stereocenters. The van der Waals surface area contributed by atoms with E-state index >= 15 is 0 Å². The Balaban J connectivity index is 2.64. The molecule has 0 saturated carbocycles. The molecule has 5 heteroatoms. The largest absolute Gasteiger partial charge is 0.339 e. The second kappa shape index (κ2) is 8.32. The molecule has 1 aromatic rings. The van der Waals surface area contributed by atoms with Gasteiger partial charge < -0.3 is 15.5 Å². The van der Waals surface area contributed by atoms with Crippen LogP contribution < -0.4 is 10.6 Å². The van der Waals surface area contributed by atoms with Gasteiger partial charge in [0.2, 0.25) is 5.91 Å². The maximum Gasteiger partial charge on any atom is 0.253 e. The lowest BCUT2D eigenvalue weighted by Gasteiger charge is -2.18. The summed E-state index contributed by atoms with van der Waals surface area (Å²) in [5, 5.41) is 5.72. The highest BCUT2D eigenvalue weighted by Crippen LogP contribution is 2.12. The molecule has 0 unspecified atom stereocenters. The first-order valence-electron chi connectivity index (χ1n) is 6.96. The van der Waals surface area contributed by atoms with E-state index < -0.39 is 0 Å². The fraction of sp³-hybridized carbons (Fsp3) is 0.467. The number of hydrogen-bond donors (Lipinski definition) is 2. The summed E-state index contributed by atoms with van der Waals surface area (Å²) >= 11 is 0. The smallest absolute Gasteiger partial charge is 0.253 e. The number of anilines is 1. The first-order chi connectivity index (χ1) is 9.62. The van der Waals surface area contributed by atoms with E-state index in [1.165, 1.54) is 0 Å². The summed E-state index contributed by atoms with van der Waals surface area (Å²) in [7, 11) is 1.81. The summed E-state index contributed by atoms with van der Waals surface area (Å²) in [5.41, 5.74) is 1.35. The van der Waals surface area contributed by atoms with Crippen molar-refractivity contribution in [2.45, 2.75) is 20.3 Å². The average molecular weight is 277 g/mol. The number of rotatable bonds is 7. The van der Waals surface area contributed by atoms with E-state index in [1.807, 2.05) is 13.8 Å². The minimum atomic E-state index is -0.0397. The van der Waals surface area contributed by atoms with Gasteiger partial charge in [-0.05, 0) is 45.2 Å². The topological polar surface area (TPSA) is 61.4 Å². The molecule has 0 aliphatic heterocycles. The van der Waals surface area contributed by atoms with Crippen LogP contribution in [0, 0.1) is 0 Å². The maximum atomic E-state index is 12.1. The molecule has 0 saturated heterocycles. The Morgan fingerprint density at radius 3 is 2.20 bits per heavy atom. The zero-order valence-electron chi connectivity index (χ0n) is 12.4. The van der Waals surface area contributed by atoms with Gasteiger partial charge in [-0.1, -0.05) is 0 Å². The number of carbonyl (C=O) groups is 2. The molecule has 1 rings (SSSR count). The Morgan fingerprint density at radius 2 is 1.70 bits per heavy atom. The van der Waals surface area contributed by atoms with Crippen LogP contribution in [0.2, 0.25) is 0 Å². The Hall–Kier alpha value is -1.88. The van der Waals surface area contributed by atoms with Gasteiger partial charge in [-0.25, -0.2) is 0 Å². The summed E-state index contributed by atoms with van der Waals surface area (Å²) in [6.07, 6.45) is 0.427. The van der Waals surface area contributed by atoms with Gasteiger partial charge in [0, 0.05) is 37.3 Å². The van der Waals surface area contributed by atoms with Crippen molar-refractivity contribution in [3.63, 3.8) is 0 Å². The third kappa shape index (κ3) is 4.66. The van der Waals surface area contributed by atoms with E-state index in [-0.39, 0.29) is 11.8 Å². The lowest BCUT2D eigenvalue weighted by atomic mass is 10.1. The molecular formula is C15H23N3O2. The average Bonchev–Trinajstić information content (AvgIpc) is 2.47. The highest BCUT2D eigenvalue weighted by molar-refractivity contribution is 5.95. The second-order valence-corrected chi connectivity index (χ2v) is 4.46. The van der Waals surface area contributed by atoms with Crippen LogP contribution in [0.4, 0.5) is 5.69 Å². The Labute approximate surface area is 120 Å². The van der Waals surface area contributed by atoms with Gasteiger partial charge in [-0.3, -0.25) is 9.59 Å². The fourth-order valence-corrected chi connectivity index (χ4v) is 1.85. The van der Waals surface area contributed by atoms with Crippen molar-refractivity contribution in [3.05, 3.63) is 29.8 Å². The third-order valence-corrected chi connectivity index (χ3v) is 3.07. The lowest BCUT2D eigenvalue weighted by molar-refractivity contribution is -0.116. The molecule has 0 aliphatic carbocycles. The number of nitrogens with one attached hydrogen (secondary N) is 2. The van der Waals surface area contributed by atoms with Crippen LogP contribution in [0.25, 0.3) is 0 Å². The molecule has 110 valence electrons. The third-order valence-electron chi connectivity index (χ3n) is 3.07. The molecule has 0 radical (unpaired) electrons. The molecule has 1 aromatic carbocycles. The van der Waals surface area contributed by atoms with Crippen molar-refractivity contribution in [2.75, 3.05) is 32.0 Å². The van der Waals surface area contributed by atoms with Gasteiger partial charge in [-0.2, -0.15) is 0 Å². The first-order valence-corrected chi connectivity index (χ1v) is 6.96. The fourth-order valence-electron chi connectivity index (χ4n) is 1.85. The van der Waals surface area contributed by atoms with Gasteiger partial charge in [0.25, 0.3) is 5.91 Å². The molecular weight excluding hydrogens is 254 g/mol. The van der Waals surface area contributed by atoms with E-state index in [0.717, 1.165) is 0 Å². The maximum absolute atomic E-state index is 12.1. The van der Waals surface area contributed by atoms with Gasteiger partial charge in [-0.15, -0.1) is 0 Å². The van der Waals surface area contributed by atoms with E-state index in [1.54, 1.807) is 36.2 Å². The predicted octanol–water partition coefficient (Wildman–Crippen LogP) is 1.72. The number of benzene rings is 1. The number of nitrogens with zero attached hydrogens (tertiary/aromatic N) is 1. The van der Waals surface area contributed by atoms with Crippen molar-refractivity contribution in [3.8, 4) is 0 Å². The van der Waals surface area contributed by atoms with Crippen LogP contribution in [0.5, 0.6) is 0 Å². The second-order valence-electron chi connectivity index (χ2n) is 4.46. The molecule has 0 fully saturated rings. The van der Waals surface area contributed by atoms with E-state index in [4.69, 9.17) is 0 Å². The van der Waals surface area contributed by atoms with E-state index in [2.05, 4.69) is 10.6 Å². The summed E-state index contributed by atoms with van der Waals surface area (Å²) in [6, 6.07) is 7.00. The van der Waals surface area contributed by atoms with Crippen LogP contribution in [0.1, 0.15) is 30.6 Å². The zero-order valence-corrected chi connectivity index (χ0v) is 12.4. The van der Waals surface area contributed by atoms with Crippen molar-refractivity contribution in [2.24, 2.45) is 0 Å². The lowest BCUT2D eigenvalue weighted by Crippen LogP contribution is -2.30. The molecule has 2 N–H and O–H groups in total. The number of hydrogen-bond acceptors (Lipinski definition) is 3. The quantitative estimate of drug-likeness (QED) is 0.797. The Morgan fingerprint density at radius 1 is 1.10 bits per heavy atom. The zero-order chi connectivity index (χ0) is 15.0. The highest BCUT2D eigenvalue weighted by atomic mass is 16.2. The van der Waals surface area contributed by atoms with E-state index in [0.29, 0.717) is 37.3 Å². The van der Waals surface area contributed by atoms with Crippen LogP contribution >= 0.6 is 0 Å². The molecule has 0 aromatic heterocycles. The van der Waals surface area contributed by atoms with Gasteiger partial charge >= 0.3 is 0 Å². The Bertz CT molecular complexity index is 439. The number of amides is 2. The van der Waals surface area contributed by atoms with Crippen molar-refractivity contribution in [1.29, 1.82) is 0 Å². The minimum Gasteiger partial charge on any atom is -0.339 e. The molecule has 2 amide bonds. The van der Waals surface area contributed by atoms with Crippen LogP contribution in [-0.2, 0) is 4.79 Å². The van der Waals surface area contributed by atoms with Crippen molar-refractivity contribution < 1.29 is 9.59 Å². The highest BCUT2D eigenvalue weighted by Gasteiger charge is 2.12. The van der Waals surface area contributed by atoms with Crippen LogP contribution in [-0.4, -0.2) is 43.4 Å². The van der Waals surface area contributed by atoms with Crippen LogP contribution in [0.15, 0.2) is 24.3 Å². The van der Waals surface area contributed by atoms with Crippen molar-refractivity contribution >= 4 is 17.5 Å². The molecule has 0 bridgehead atoms. The monoisotopic (exact) mass is 277 g/mol. The summed E-state index contributed by atoms with van der Waals surface area (Å²) < 4.78 is 0. The molecule has 5 nitrogen and oxygen atoms in total. The minimum absolute atomic E-state index is 0.0167. The molecule has 0 heterocycles. The van der Waals surface area contributed by atoms with Crippen LogP contribution in [0.3, 0.4) is 0 Å². The van der Waals surface area contributed by atoms with Gasteiger partial charge in [0.15, 0.2) is 0 Å². The molecule has 20 heavy (non-hydrogen) atoms. The molecule has 0 spiro atoms. The summed E-state index contributed by atoms with van der Waals surface area (Å²) in [5.74, 6) is -0.0229. The Kier molecular flexibility index (Phi) is 6.73. The summed E-state index contributed by atoms with van der Waals surface area (Å²) in [6.45, 7) is 5.94.